The largest absolute Gasteiger partial charge is 0.457 e. The molecule has 6 nitrogen and oxygen atoms in total. The lowest BCUT2D eigenvalue weighted by Gasteiger charge is -2.21. The Morgan fingerprint density at radius 3 is 2.24 bits per heavy atom. The molecule has 2 heterocycles. The third-order valence-electron chi connectivity index (χ3n) is 6.33. The second-order valence-electron chi connectivity index (χ2n) is 8.67. The van der Waals surface area contributed by atoms with Crippen molar-refractivity contribution in [3.8, 4) is 11.3 Å². The number of carbonyl (C=O) groups excluding carboxylic acids is 1. The zero-order chi connectivity index (χ0) is 25.4. The molecule has 0 bridgehead atoms. The van der Waals surface area contributed by atoms with Gasteiger partial charge in [0.05, 0.1) is 10.6 Å². The lowest BCUT2D eigenvalue weighted by atomic mass is 10.1. The summed E-state index contributed by atoms with van der Waals surface area (Å²) in [5.41, 5.74) is 3.73. The van der Waals surface area contributed by atoms with Crippen molar-refractivity contribution in [3.05, 3.63) is 142 Å². The highest BCUT2D eigenvalue weighted by molar-refractivity contribution is 6.23. The van der Waals surface area contributed by atoms with Crippen LogP contribution in [-0.2, 0) is 4.79 Å². The number of hydrogen-bond donors (Lipinski definition) is 0. The Labute approximate surface area is 212 Å². The van der Waals surface area contributed by atoms with Gasteiger partial charge in [-0.15, -0.1) is 0 Å². The number of nitro groups is 1. The molecule has 5 aromatic rings. The van der Waals surface area contributed by atoms with E-state index in [1.807, 2.05) is 78.9 Å². The third-order valence-corrected chi connectivity index (χ3v) is 6.33. The van der Waals surface area contributed by atoms with Gasteiger partial charge in [-0.1, -0.05) is 60.7 Å². The number of furan rings is 1. The van der Waals surface area contributed by atoms with Crippen molar-refractivity contribution in [1.82, 2.24) is 0 Å². The van der Waals surface area contributed by atoms with E-state index < -0.39 is 4.92 Å². The molecule has 1 amide bonds. The van der Waals surface area contributed by atoms with Gasteiger partial charge in [-0.25, -0.2) is 0 Å². The van der Waals surface area contributed by atoms with Gasteiger partial charge in [0.15, 0.2) is 0 Å². The maximum absolute atomic E-state index is 13.7. The molecule has 1 aliphatic rings. The van der Waals surface area contributed by atoms with Crippen molar-refractivity contribution in [1.29, 1.82) is 0 Å². The fraction of sp³-hybridized carbons (Fsp3) is 0. The highest BCUT2D eigenvalue weighted by Gasteiger charge is 2.30. The first kappa shape index (κ1) is 22.2. The number of hydrogen-bond acceptors (Lipinski definition) is 4. The molecule has 178 valence electrons. The van der Waals surface area contributed by atoms with E-state index in [0.29, 0.717) is 22.7 Å². The summed E-state index contributed by atoms with van der Waals surface area (Å²) in [5.74, 6) is 0.925. The molecule has 4 aromatic carbocycles. The van der Waals surface area contributed by atoms with Gasteiger partial charge < -0.3 is 4.42 Å². The van der Waals surface area contributed by atoms with Crippen molar-refractivity contribution in [3.63, 3.8) is 0 Å². The number of rotatable bonds is 5. The average Bonchev–Trinajstić information content (AvgIpc) is 3.53. The van der Waals surface area contributed by atoms with Gasteiger partial charge in [0.25, 0.3) is 11.6 Å². The van der Waals surface area contributed by atoms with E-state index in [0.717, 1.165) is 27.7 Å². The second kappa shape index (κ2) is 9.09. The Morgan fingerprint density at radius 1 is 0.757 bits per heavy atom. The fourth-order valence-electron chi connectivity index (χ4n) is 4.50. The number of anilines is 1. The molecule has 0 saturated heterocycles. The molecule has 1 aromatic heterocycles. The second-order valence-corrected chi connectivity index (χ2v) is 8.67. The molecule has 0 atom stereocenters. The summed E-state index contributed by atoms with van der Waals surface area (Å²) in [5, 5.41) is 13.1. The minimum atomic E-state index is -0.439. The van der Waals surface area contributed by atoms with Gasteiger partial charge in [0.2, 0.25) is 0 Å². The number of nitrogens with zero attached hydrogens (tertiary/aromatic N) is 2. The maximum atomic E-state index is 13.7. The molecule has 0 spiro atoms. The van der Waals surface area contributed by atoms with E-state index in [1.165, 1.54) is 12.1 Å². The lowest BCUT2D eigenvalue weighted by molar-refractivity contribution is -0.384. The summed E-state index contributed by atoms with van der Waals surface area (Å²) in [4.78, 5) is 25.9. The van der Waals surface area contributed by atoms with Crippen LogP contribution in [0, 0.1) is 10.1 Å². The molecule has 0 aliphatic carbocycles. The Hall–Kier alpha value is -5.23. The van der Waals surface area contributed by atoms with E-state index in [1.54, 1.807) is 35.2 Å². The molecule has 0 unspecified atom stereocenters. The molecule has 0 N–H and O–H groups in total. The topological polar surface area (TPSA) is 76.6 Å². The van der Waals surface area contributed by atoms with Crippen LogP contribution in [0.2, 0.25) is 0 Å². The monoisotopic (exact) mass is 484 g/mol. The van der Waals surface area contributed by atoms with Crippen LogP contribution in [-0.4, -0.2) is 10.8 Å². The van der Waals surface area contributed by atoms with Gasteiger partial charge in [-0.2, -0.15) is 0 Å². The van der Waals surface area contributed by atoms with Crippen molar-refractivity contribution < 1.29 is 14.1 Å². The number of nitro benzene ring substituents is 1. The van der Waals surface area contributed by atoms with Crippen LogP contribution >= 0.6 is 0 Å². The first-order valence-electron chi connectivity index (χ1n) is 11.7. The van der Waals surface area contributed by atoms with Crippen LogP contribution in [0.4, 0.5) is 11.4 Å². The fourth-order valence-corrected chi connectivity index (χ4v) is 4.50. The number of non-ortho nitro benzene ring substituents is 1. The summed E-state index contributed by atoms with van der Waals surface area (Å²) in [6.07, 6.45) is 3.60. The molecular weight excluding hydrogens is 464 g/mol. The van der Waals surface area contributed by atoms with Crippen LogP contribution in [0.3, 0.4) is 0 Å². The Morgan fingerprint density at radius 2 is 1.49 bits per heavy atom. The average molecular weight is 485 g/mol. The van der Waals surface area contributed by atoms with Crippen molar-refractivity contribution in [2.75, 3.05) is 4.90 Å². The third kappa shape index (κ3) is 4.21. The van der Waals surface area contributed by atoms with E-state index in [9.17, 15) is 14.9 Å². The molecular formula is C31H20N2O4. The minimum absolute atomic E-state index is 0.0153. The molecule has 0 saturated carbocycles. The highest BCUT2D eigenvalue weighted by atomic mass is 16.6. The first-order valence-corrected chi connectivity index (χ1v) is 11.7. The van der Waals surface area contributed by atoms with E-state index in [2.05, 4.69) is 0 Å². The maximum Gasteiger partial charge on any atom is 0.269 e. The molecule has 6 heteroatoms. The highest BCUT2D eigenvalue weighted by Crippen LogP contribution is 2.37. The van der Waals surface area contributed by atoms with Crippen LogP contribution in [0.1, 0.15) is 11.3 Å². The van der Waals surface area contributed by atoms with Crippen molar-refractivity contribution in [2.24, 2.45) is 0 Å². The van der Waals surface area contributed by atoms with Crippen LogP contribution in [0.5, 0.6) is 0 Å². The number of carbonyl (C=O) groups is 1. The summed E-state index contributed by atoms with van der Waals surface area (Å²) in [7, 11) is 0. The normalized spacial score (nSPS) is 14.4. The quantitative estimate of drug-likeness (QED) is 0.147. The summed E-state index contributed by atoms with van der Waals surface area (Å²) in [6.45, 7) is 0. The molecule has 0 fully saturated rings. The number of benzene rings is 4. The van der Waals surface area contributed by atoms with Gasteiger partial charge >= 0.3 is 0 Å². The zero-order valence-electron chi connectivity index (χ0n) is 19.6. The van der Waals surface area contributed by atoms with Crippen molar-refractivity contribution >= 4 is 39.8 Å². The molecule has 6 rings (SSSR count). The molecule has 1 aliphatic heterocycles. The minimum Gasteiger partial charge on any atom is -0.457 e. The zero-order valence-corrected chi connectivity index (χ0v) is 19.6. The Kier molecular flexibility index (Phi) is 5.47. The predicted molar refractivity (Wildman–Crippen MR) is 145 cm³/mol. The van der Waals surface area contributed by atoms with Gasteiger partial charge in [0, 0.05) is 29.0 Å². The molecule has 0 radical (unpaired) electrons. The summed E-state index contributed by atoms with van der Waals surface area (Å²) >= 11 is 0. The standard InChI is InChI=1S/C31H20N2O4/c34-31-25(19-28-16-17-30(37-28)23-11-13-26(14-12-23)33(35)36)20-29(22-7-2-1-3-8-22)32(31)27-15-10-21-6-4-5-9-24(21)18-27/h1-20H. The predicted octanol–water partition coefficient (Wildman–Crippen LogP) is 7.48. The number of fused-ring (bicyclic) bond motifs is 1. The summed E-state index contributed by atoms with van der Waals surface area (Å²) in [6, 6.07) is 33.6. The molecule has 37 heavy (non-hydrogen) atoms. The van der Waals surface area contributed by atoms with Crippen LogP contribution < -0.4 is 4.90 Å². The van der Waals surface area contributed by atoms with E-state index in [4.69, 9.17) is 4.42 Å². The SMILES string of the molecule is O=C1C(=Cc2ccc(-c3ccc([N+](=O)[O-])cc3)o2)C=C(c2ccccc2)N1c1ccc2ccccc2c1. The smallest absolute Gasteiger partial charge is 0.269 e. The lowest BCUT2D eigenvalue weighted by Crippen LogP contribution is -2.24. The van der Waals surface area contributed by atoms with Gasteiger partial charge in [-0.3, -0.25) is 19.8 Å². The van der Waals surface area contributed by atoms with E-state index >= 15 is 0 Å². The van der Waals surface area contributed by atoms with Crippen LogP contribution in [0.25, 0.3) is 33.9 Å². The van der Waals surface area contributed by atoms with Gasteiger partial charge in [0.1, 0.15) is 11.5 Å². The Bertz CT molecular complexity index is 1710. The van der Waals surface area contributed by atoms with E-state index in [-0.39, 0.29) is 11.6 Å². The number of amides is 1. The van der Waals surface area contributed by atoms with Gasteiger partial charge in [-0.05, 0) is 64.9 Å². The van der Waals surface area contributed by atoms with Crippen LogP contribution in [0.15, 0.2) is 125 Å². The Balaban J connectivity index is 1.38. The first-order chi connectivity index (χ1) is 18.1. The van der Waals surface area contributed by atoms with Crippen molar-refractivity contribution in [2.45, 2.75) is 0 Å². The summed E-state index contributed by atoms with van der Waals surface area (Å²) < 4.78 is 5.97.